The van der Waals surface area contributed by atoms with Gasteiger partial charge in [-0.2, -0.15) is 10.4 Å². The van der Waals surface area contributed by atoms with E-state index in [9.17, 15) is 4.79 Å². The van der Waals surface area contributed by atoms with Crippen LogP contribution in [-0.2, 0) is 21.4 Å². The van der Waals surface area contributed by atoms with E-state index in [1.54, 1.807) is 14.0 Å². The number of nitrogens with zero attached hydrogens (tertiary/aromatic N) is 4. The number of carbonyl (C=O) groups is 1. The van der Waals surface area contributed by atoms with E-state index < -0.39 is 12.1 Å². The fourth-order valence-electron chi connectivity index (χ4n) is 2.27. The summed E-state index contributed by atoms with van der Waals surface area (Å²) in [6.45, 7) is 3.10. The van der Waals surface area contributed by atoms with E-state index in [-0.39, 0.29) is 28.2 Å². The lowest BCUT2D eigenvalue weighted by atomic mass is 10.2. The monoisotopic (exact) mass is 440 g/mol. The van der Waals surface area contributed by atoms with E-state index in [0.717, 1.165) is 0 Å². The summed E-state index contributed by atoms with van der Waals surface area (Å²) in [6, 6.07) is 4.70. The van der Waals surface area contributed by atoms with Gasteiger partial charge in [-0.15, -0.1) is 0 Å². The number of aryl methyl sites for hydroxylation is 2. The Kier molecular flexibility index (Phi) is 7.70. The number of rotatable bonds is 8. The zero-order valence-corrected chi connectivity index (χ0v) is 17.6. The van der Waals surface area contributed by atoms with Crippen LogP contribution in [0.25, 0.3) is 0 Å². The topological polar surface area (TPSA) is 108 Å². The quantitative estimate of drug-likeness (QED) is 0.266. The molecule has 0 amide bonds. The second-order valence-corrected chi connectivity index (χ2v) is 6.51. The fraction of sp³-hybridized carbons (Fsp3) is 0.333. The van der Waals surface area contributed by atoms with Crippen LogP contribution in [0.4, 0.5) is 0 Å². The van der Waals surface area contributed by atoms with Crippen LogP contribution in [0, 0.1) is 18.3 Å². The van der Waals surface area contributed by atoms with Crippen molar-refractivity contribution >= 4 is 35.4 Å². The Hall–Kier alpha value is -2.96. The lowest BCUT2D eigenvalue weighted by molar-refractivity contribution is -0.147. The van der Waals surface area contributed by atoms with Gasteiger partial charge in [0.25, 0.3) is 0 Å². The predicted octanol–water partition coefficient (Wildman–Crippen LogP) is 3.64. The molecule has 0 N–H and O–H groups in total. The molecule has 1 aromatic carbocycles. The molecular formula is C18H18Cl2N4O5. The number of esters is 1. The Morgan fingerprint density at radius 1 is 1.38 bits per heavy atom. The van der Waals surface area contributed by atoms with Gasteiger partial charge < -0.3 is 19.0 Å². The zero-order valence-electron chi connectivity index (χ0n) is 16.1. The molecule has 1 heterocycles. The molecule has 2 rings (SSSR count). The number of carbonyl (C=O) groups excluding carboxylic acids is 1. The van der Waals surface area contributed by atoms with Gasteiger partial charge in [0, 0.05) is 13.1 Å². The van der Waals surface area contributed by atoms with Gasteiger partial charge in [0.1, 0.15) is 11.8 Å². The molecule has 1 atom stereocenters. The zero-order chi connectivity index (χ0) is 21.6. The summed E-state index contributed by atoms with van der Waals surface area (Å²) in [5.74, 6) is 0.175. The number of oxime groups is 1. The third kappa shape index (κ3) is 5.53. The summed E-state index contributed by atoms with van der Waals surface area (Å²) in [4.78, 5) is 16.4. The van der Waals surface area contributed by atoms with Gasteiger partial charge in [0.2, 0.25) is 12.5 Å². The molecular weight excluding hydrogens is 423 g/mol. The fourth-order valence-corrected chi connectivity index (χ4v) is 2.73. The molecule has 0 bridgehead atoms. The molecule has 0 saturated carbocycles. The van der Waals surface area contributed by atoms with E-state index in [0.29, 0.717) is 17.1 Å². The van der Waals surface area contributed by atoms with Crippen LogP contribution in [0.3, 0.4) is 0 Å². The van der Waals surface area contributed by atoms with Crippen molar-refractivity contribution in [1.29, 1.82) is 5.26 Å². The highest BCUT2D eigenvalue weighted by molar-refractivity contribution is 6.36. The molecule has 0 spiro atoms. The van der Waals surface area contributed by atoms with Crippen molar-refractivity contribution in [1.82, 2.24) is 9.78 Å². The summed E-state index contributed by atoms with van der Waals surface area (Å²) in [7, 11) is 2.94. The molecule has 9 nitrogen and oxygen atoms in total. The van der Waals surface area contributed by atoms with Crippen LogP contribution >= 0.6 is 23.2 Å². The summed E-state index contributed by atoms with van der Waals surface area (Å²) in [6.07, 6.45) is 0.501. The molecule has 0 unspecified atom stereocenters. The maximum absolute atomic E-state index is 11.6. The number of hydrogen-bond acceptors (Lipinski definition) is 8. The molecule has 0 saturated heterocycles. The molecule has 0 radical (unpaired) electrons. The van der Waals surface area contributed by atoms with Gasteiger partial charge >= 0.3 is 5.97 Å². The first-order valence-corrected chi connectivity index (χ1v) is 9.01. The highest BCUT2D eigenvalue weighted by Crippen LogP contribution is 2.39. The molecule has 154 valence electrons. The van der Waals surface area contributed by atoms with Crippen molar-refractivity contribution in [2.45, 2.75) is 20.0 Å². The van der Waals surface area contributed by atoms with E-state index in [4.69, 9.17) is 42.8 Å². The predicted molar refractivity (Wildman–Crippen MR) is 106 cm³/mol. The van der Waals surface area contributed by atoms with E-state index in [2.05, 4.69) is 15.0 Å². The summed E-state index contributed by atoms with van der Waals surface area (Å²) >= 11 is 12.4. The Labute approximate surface area is 177 Å². The first-order chi connectivity index (χ1) is 13.8. The maximum Gasteiger partial charge on any atom is 0.346 e. The van der Waals surface area contributed by atoms with E-state index >= 15 is 0 Å². The van der Waals surface area contributed by atoms with Crippen LogP contribution in [0.15, 0.2) is 17.3 Å². The molecule has 0 fully saturated rings. The van der Waals surface area contributed by atoms with Gasteiger partial charge in [0.05, 0.1) is 34.6 Å². The molecule has 0 aliphatic carbocycles. The Morgan fingerprint density at radius 2 is 2.07 bits per heavy atom. The Bertz CT molecular complexity index is 968. The van der Waals surface area contributed by atoms with Crippen molar-refractivity contribution in [3.8, 4) is 23.4 Å². The smallest absolute Gasteiger partial charge is 0.346 e. The normalized spacial score (nSPS) is 11.8. The van der Waals surface area contributed by atoms with E-state index in [1.807, 2.05) is 6.07 Å². The number of methoxy groups -OCH3 is 1. The second kappa shape index (κ2) is 10.0. The first kappa shape index (κ1) is 22.3. The van der Waals surface area contributed by atoms with Gasteiger partial charge in [0.15, 0.2) is 11.9 Å². The third-order valence-electron chi connectivity index (χ3n) is 3.63. The molecule has 0 aliphatic rings. The number of benzene rings is 1. The van der Waals surface area contributed by atoms with Gasteiger partial charge in [-0.3, -0.25) is 0 Å². The van der Waals surface area contributed by atoms with Crippen LogP contribution < -0.4 is 9.47 Å². The molecule has 11 heteroatoms. The maximum atomic E-state index is 11.6. The summed E-state index contributed by atoms with van der Waals surface area (Å²) in [5, 5.41) is 16.9. The van der Waals surface area contributed by atoms with E-state index in [1.165, 1.54) is 37.1 Å². The summed E-state index contributed by atoms with van der Waals surface area (Å²) < 4.78 is 17.6. The van der Waals surface area contributed by atoms with Gasteiger partial charge in [-0.1, -0.05) is 28.4 Å². The SMILES string of the molecule is COC(=O)[C@H](C)Oc1cc(Oc2c(C=NOCC#N)c(C)nn2C)c(Cl)cc1Cl. The minimum absolute atomic E-state index is 0.186. The Balaban J connectivity index is 2.35. The van der Waals surface area contributed by atoms with Crippen LogP contribution in [-0.4, -0.2) is 41.8 Å². The number of nitriles is 1. The van der Waals surface area contributed by atoms with Crippen molar-refractivity contribution in [3.05, 3.63) is 33.4 Å². The number of aromatic nitrogens is 2. The van der Waals surface area contributed by atoms with Crippen molar-refractivity contribution in [2.24, 2.45) is 12.2 Å². The molecule has 1 aromatic heterocycles. The van der Waals surface area contributed by atoms with Gasteiger partial charge in [-0.25, -0.2) is 9.48 Å². The minimum Gasteiger partial charge on any atom is -0.477 e. The number of ether oxygens (including phenoxy) is 3. The van der Waals surface area contributed by atoms with Crippen LogP contribution in [0.1, 0.15) is 18.2 Å². The van der Waals surface area contributed by atoms with Crippen molar-refractivity contribution in [2.75, 3.05) is 13.7 Å². The highest BCUT2D eigenvalue weighted by atomic mass is 35.5. The largest absolute Gasteiger partial charge is 0.477 e. The lowest BCUT2D eigenvalue weighted by Gasteiger charge is -2.16. The molecule has 29 heavy (non-hydrogen) atoms. The van der Waals surface area contributed by atoms with Crippen LogP contribution in [0.2, 0.25) is 10.0 Å². The highest BCUT2D eigenvalue weighted by Gasteiger charge is 2.20. The molecule has 2 aromatic rings. The second-order valence-electron chi connectivity index (χ2n) is 5.69. The summed E-state index contributed by atoms with van der Waals surface area (Å²) in [5.41, 5.74) is 1.15. The third-order valence-corrected chi connectivity index (χ3v) is 4.22. The standard InChI is InChI=1S/C18H18Cl2N4O5/c1-10-12(9-22-27-6-5-21)17(24(3)23-10)29-16-8-15(13(19)7-14(16)20)28-11(2)18(25)26-4/h7-9,11H,6H2,1-4H3/t11-/m0/s1. The van der Waals surface area contributed by atoms with Crippen molar-refractivity contribution in [3.63, 3.8) is 0 Å². The Morgan fingerprint density at radius 3 is 2.72 bits per heavy atom. The van der Waals surface area contributed by atoms with Gasteiger partial charge in [-0.05, 0) is 19.9 Å². The average molecular weight is 441 g/mol. The molecule has 0 aliphatic heterocycles. The van der Waals surface area contributed by atoms with Crippen molar-refractivity contribution < 1.29 is 23.8 Å². The average Bonchev–Trinajstić information content (AvgIpc) is 2.94. The minimum atomic E-state index is -0.884. The van der Waals surface area contributed by atoms with Crippen LogP contribution in [0.5, 0.6) is 17.4 Å². The first-order valence-electron chi connectivity index (χ1n) is 8.25. The number of halogens is 2. The number of hydrogen-bond donors (Lipinski definition) is 0. The lowest BCUT2D eigenvalue weighted by Crippen LogP contribution is -2.25.